The van der Waals surface area contributed by atoms with Crippen LogP contribution in [-0.4, -0.2) is 12.2 Å². The van der Waals surface area contributed by atoms with Crippen molar-refractivity contribution in [2.24, 2.45) is 11.8 Å². The van der Waals surface area contributed by atoms with E-state index in [2.05, 4.69) is 26.8 Å². The molecule has 2 atom stereocenters. The van der Waals surface area contributed by atoms with E-state index in [9.17, 15) is 0 Å². The Labute approximate surface area is 93.9 Å². The van der Waals surface area contributed by atoms with Gasteiger partial charge in [0, 0.05) is 0 Å². The Balaban J connectivity index is 2.17. The topological polar surface area (TPSA) is 9.23 Å². The van der Waals surface area contributed by atoms with E-state index in [1.807, 2.05) is 0 Å². The maximum absolute atomic E-state index is 6.15. The molecule has 1 fully saturated rings. The van der Waals surface area contributed by atoms with E-state index in [0.717, 1.165) is 18.4 Å². The summed E-state index contributed by atoms with van der Waals surface area (Å²) in [5, 5.41) is 0. The van der Waals surface area contributed by atoms with Gasteiger partial charge in [0.2, 0.25) is 0 Å². The smallest absolute Gasteiger partial charge is 0.0712 e. The lowest BCUT2D eigenvalue weighted by Crippen LogP contribution is -2.36. The third-order valence-corrected chi connectivity index (χ3v) is 4.67. The van der Waals surface area contributed by atoms with E-state index in [-0.39, 0.29) is 5.60 Å². The summed E-state index contributed by atoms with van der Waals surface area (Å²) in [5.41, 5.74) is 1.87. The van der Waals surface area contributed by atoms with Gasteiger partial charge < -0.3 is 4.74 Å². The van der Waals surface area contributed by atoms with E-state index in [0.29, 0.717) is 0 Å². The predicted octanol–water partition coefficient (Wildman–Crippen LogP) is 3.94. The van der Waals surface area contributed by atoms with Crippen molar-refractivity contribution in [3.05, 3.63) is 11.6 Å². The number of hydrogen-bond donors (Lipinski definition) is 0. The van der Waals surface area contributed by atoms with Crippen molar-refractivity contribution in [2.45, 2.75) is 58.5 Å². The van der Waals surface area contributed by atoms with Crippen molar-refractivity contribution in [3.63, 3.8) is 0 Å². The highest BCUT2D eigenvalue weighted by Gasteiger charge is 2.47. The van der Waals surface area contributed by atoms with Crippen molar-refractivity contribution in [3.8, 4) is 0 Å². The van der Waals surface area contributed by atoms with Crippen LogP contribution in [0.5, 0.6) is 0 Å². The first kappa shape index (κ1) is 11.2. The van der Waals surface area contributed by atoms with E-state index in [1.165, 1.54) is 32.1 Å². The zero-order valence-corrected chi connectivity index (χ0v) is 10.4. The molecule has 0 spiro atoms. The highest BCUT2D eigenvalue weighted by molar-refractivity contribution is 5.13. The van der Waals surface area contributed by atoms with Gasteiger partial charge in [-0.05, 0) is 43.9 Å². The minimum atomic E-state index is 0.208. The molecule has 2 unspecified atom stereocenters. The van der Waals surface area contributed by atoms with Gasteiger partial charge >= 0.3 is 0 Å². The van der Waals surface area contributed by atoms with E-state index in [4.69, 9.17) is 4.74 Å². The average molecular weight is 208 g/mol. The average Bonchev–Trinajstić information content (AvgIpc) is 2.67. The standard InChI is InChI=1S/C14H24O/c1-4-11-7-8-12-10-15-14(5-2,6-3)13(12)9-11/h7,12-13H,4-6,8-10H2,1-3H3. The lowest BCUT2D eigenvalue weighted by molar-refractivity contribution is -0.0281. The van der Waals surface area contributed by atoms with Crippen molar-refractivity contribution in [2.75, 3.05) is 6.61 Å². The van der Waals surface area contributed by atoms with Gasteiger partial charge in [-0.3, -0.25) is 0 Å². The molecule has 1 aliphatic carbocycles. The van der Waals surface area contributed by atoms with Crippen LogP contribution in [0.15, 0.2) is 11.6 Å². The molecule has 1 nitrogen and oxygen atoms in total. The molecule has 86 valence electrons. The first-order chi connectivity index (χ1) is 7.25. The van der Waals surface area contributed by atoms with Crippen molar-refractivity contribution in [1.29, 1.82) is 0 Å². The monoisotopic (exact) mass is 208 g/mol. The lowest BCUT2D eigenvalue weighted by Gasteiger charge is -2.36. The van der Waals surface area contributed by atoms with E-state index >= 15 is 0 Å². The molecule has 0 bridgehead atoms. The molecule has 0 radical (unpaired) electrons. The summed E-state index contributed by atoms with van der Waals surface area (Å²) >= 11 is 0. The van der Waals surface area contributed by atoms with Crippen LogP contribution in [0.4, 0.5) is 0 Å². The second kappa shape index (κ2) is 4.29. The molecule has 0 aromatic heterocycles. The summed E-state index contributed by atoms with van der Waals surface area (Å²) in [6.07, 6.45) is 8.61. The van der Waals surface area contributed by atoms with Crippen LogP contribution in [-0.2, 0) is 4.74 Å². The molecule has 1 aliphatic heterocycles. The van der Waals surface area contributed by atoms with Gasteiger partial charge in [-0.15, -0.1) is 0 Å². The molecular formula is C14H24O. The van der Waals surface area contributed by atoms with Gasteiger partial charge in [-0.2, -0.15) is 0 Å². The Morgan fingerprint density at radius 3 is 2.67 bits per heavy atom. The normalized spacial score (nSPS) is 33.7. The summed E-state index contributed by atoms with van der Waals surface area (Å²) in [5.74, 6) is 1.60. The highest BCUT2D eigenvalue weighted by Crippen LogP contribution is 2.48. The number of rotatable bonds is 3. The lowest BCUT2D eigenvalue weighted by atomic mass is 9.70. The number of fused-ring (bicyclic) bond motifs is 1. The molecule has 0 amide bonds. The van der Waals surface area contributed by atoms with E-state index < -0.39 is 0 Å². The van der Waals surface area contributed by atoms with Crippen LogP contribution in [0.1, 0.15) is 52.9 Å². The quantitative estimate of drug-likeness (QED) is 0.638. The van der Waals surface area contributed by atoms with Crippen LogP contribution < -0.4 is 0 Å². The second-order valence-electron chi connectivity index (χ2n) is 5.11. The molecule has 0 aromatic rings. The number of hydrogen-bond acceptors (Lipinski definition) is 1. The van der Waals surface area contributed by atoms with Crippen molar-refractivity contribution < 1.29 is 4.74 Å². The van der Waals surface area contributed by atoms with Crippen LogP contribution in [0.3, 0.4) is 0 Å². The van der Waals surface area contributed by atoms with Crippen molar-refractivity contribution in [1.82, 2.24) is 0 Å². The van der Waals surface area contributed by atoms with Crippen LogP contribution in [0.2, 0.25) is 0 Å². The fourth-order valence-electron chi connectivity index (χ4n) is 3.46. The van der Waals surface area contributed by atoms with Gasteiger partial charge in [0.25, 0.3) is 0 Å². The molecule has 15 heavy (non-hydrogen) atoms. The number of allylic oxidation sites excluding steroid dienone is 2. The van der Waals surface area contributed by atoms with Crippen molar-refractivity contribution >= 4 is 0 Å². The molecule has 0 N–H and O–H groups in total. The summed E-state index contributed by atoms with van der Waals surface area (Å²) in [6, 6.07) is 0. The zero-order valence-electron chi connectivity index (χ0n) is 10.4. The Hall–Kier alpha value is -0.300. The fourth-order valence-corrected chi connectivity index (χ4v) is 3.46. The van der Waals surface area contributed by atoms with Gasteiger partial charge in [-0.25, -0.2) is 0 Å². The van der Waals surface area contributed by atoms with Gasteiger partial charge in [0.05, 0.1) is 12.2 Å². The Morgan fingerprint density at radius 2 is 2.07 bits per heavy atom. The molecular weight excluding hydrogens is 184 g/mol. The zero-order chi connectivity index (χ0) is 10.9. The summed E-state index contributed by atoms with van der Waals surface area (Å²) < 4.78 is 6.15. The molecule has 0 saturated carbocycles. The summed E-state index contributed by atoms with van der Waals surface area (Å²) in [6.45, 7) is 7.85. The van der Waals surface area contributed by atoms with Crippen LogP contribution in [0.25, 0.3) is 0 Å². The highest BCUT2D eigenvalue weighted by atomic mass is 16.5. The molecule has 1 heteroatoms. The molecule has 2 rings (SSSR count). The Kier molecular flexibility index (Phi) is 3.20. The van der Waals surface area contributed by atoms with Gasteiger partial charge in [0.1, 0.15) is 0 Å². The molecule has 1 heterocycles. The Bertz CT molecular complexity index is 250. The largest absolute Gasteiger partial charge is 0.374 e. The maximum Gasteiger partial charge on any atom is 0.0712 e. The van der Waals surface area contributed by atoms with Crippen LogP contribution >= 0.6 is 0 Å². The minimum absolute atomic E-state index is 0.208. The molecule has 0 aromatic carbocycles. The molecule has 2 aliphatic rings. The third kappa shape index (κ3) is 1.75. The Morgan fingerprint density at radius 1 is 1.33 bits per heavy atom. The number of ether oxygens (including phenoxy) is 1. The maximum atomic E-state index is 6.15. The second-order valence-corrected chi connectivity index (χ2v) is 5.11. The first-order valence-electron chi connectivity index (χ1n) is 6.57. The minimum Gasteiger partial charge on any atom is -0.374 e. The van der Waals surface area contributed by atoms with Gasteiger partial charge in [0.15, 0.2) is 0 Å². The first-order valence-corrected chi connectivity index (χ1v) is 6.57. The summed E-state index contributed by atoms with van der Waals surface area (Å²) in [4.78, 5) is 0. The fraction of sp³-hybridized carbons (Fsp3) is 0.857. The van der Waals surface area contributed by atoms with E-state index in [1.54, 1.807) is 5.57 Å². The third-order valence-electron chi connectivity index (χ3n) is 4.67. The summed E-state index contributed by atoms with van der Waals surface area (Å²) in [7, 11) is 0. The van der Waals surface area contributed by atoms with Crippen LogP contribution in [0, 0.1) is 11.8 Å². The van der Waals surface area contributed by atoms with Gasteiger partial charge in [-0.1, -0.05) is 32.4 Å². The SMILES string of the molecule is CCC1=CCC2COC(CC)(CC)C2C1. The predicted molar refractivity (Wildman–Crippen MR) is 63.9 cm³/mol. The molecule has 1 saturated heterocycles.